The van der Waals surface area contributed by atoms with Crippen molar-refractivity contribution in [2.24, 2.45) is 5.92 Å². The number of benzene rings is 1. The van der Waals surface area contributed by atoms with E-state index in [1.54, 1.807) is 0 Å². The van der Waals surface area contributed by atoms with Gasteiger partial charge in [-0.15, -0.1) is 0 Å². The number of aliphatic hydroxyl groups excluding tert-OH is 1. The second-order valence-corrected chi connectivity index (χ2v) is 6.08. The quantitative estimate of drug-likeness (QED) is 0.856. The SMILES string of the molecule is CCN(CC)C[C@H](O)C1CCC(c2ccccc2)CC1. The molecule has 20 heavy (non-hydrogen) atoms. The number of rotatable bonds is 6. The molecular weight excluding hydrogens is 246 g/mol. The Balaban J connectivity index is 1.82. The van der Waals surface area contributed by atoms with Crippen LogP contribution in [-0.4, -0.2) is 35.7 Å². The molecule has 0 spiro atoms. The van der Waals surface area contributed by atoms with E-state index in [1.165, 1.54) is 31.2 Å². The summed E-state index contributed by atoms with van der Waals surface area (Å²) in [5.41, 5.74) is 1.48. The van der Waals surface area contributed by atoms with E-state index in [4.69, 9.17) is 0 Å². The molecule has 0 aromatic heterocycles. The van der Waals surface area contributed by atoms with Gasteiger partial charge in [-0.2, -0.15) is 0 Å². The van der Waals surface area contributed by atoms with Crippen molar-refractivity contribution in [3.05, 3.63) is 35.9 Å². The molecule has 1 aromatic carbocycles. The highest BCUT2D eigenvalue weighted by Crippen LogP contribution is 2.37. The molecule has 0 unspecified atom stereocenters. The van der Waals surface area contributed by atoms with Crippen LogP contribution in [0.1, 0.15) is 51.0 Å². The van der Waals surface area contributed by atoms with E-state index in [9.17, 15) is 5.11 Å². The largest absolute Gasteiger partial charge is 0.392 e. The Morgan fingerprint density at radius 1 is 1.05 bits per heavy atom. The number of hydrogen-bond donors (Lipinski definition) is 1. The topological polar surface area (TPSA) is 23.5 Å². The summed E-state index contributed by atoms with van der Waals surface area (Å²) < 4.78 is 0. The summed E-state index contributed by atoms with van der Waals surface area (Å²) in [6.07, 6.45) is 4.64. The first-order valence-corrected chi connectivity index (χ1v) is 8.20. The second-order valence-electron chi connectivity index (χ2n) is 6.08. The fourth-order valence-electron chi connectivity index (χ4n) is 3.46. The molecule has 0 amide bonds. The Hall–Kier alpha value is -0.860. The molecule has 1 saturated carbocycles. The maximum Gasteiger partial charge on any atom is 0.0695 e. The molecule has 0 bridgehead atoms. The number of aliphatic hydroxyl groups is 1. The van der Waals surface area contributed by atoms with Crippen LogP contribution in [0, 0.1) is 5.92 Å². The Kier molecular flexibility index (Phi) is 6.06. The van der Waals surface area contributed by atoms with E-state index in [2.05, 4.69) is 49.1 Å². The molecular formula is C18H29NO. The van der Waals surface area contributed by atoms with Gasteiger partial charge in [0.15, 0.2) is 0 Å². The standard InChI is InChI=1S/C18H29NO/c1-3-19(4-2)14-18(20)17-12-10-16(11-13-17)15-8-6-5-7-9-15/h5-9,16-18,20H,3-4,10-14H2,1-2H3/t16?,17?,18-/m0/s1. The van der Waals surface area contributed by atoms with Gasteiger partial charge in [-0.1, -0.05) is 44.2 Å². The van der Waals surface area contributed by atoms with Crippen molar-refractivity contribution in [1.29, 1.82) is 0 Å². The molecule has 0 radical (unpaired) electrons. The van der Waals surface area contributed by atoms with Crippen molar-refractivity contribution in [2.45, 2.75) is 51.6 Å². The average Bonchev–Trinajstić information content (AvgIpc) is 2.53. The summed E-state index contributed by atoms with van der Waals surface area (Å²) in [5, 5.41) is 10.4. The molecule has 0 heterocycles. The van der Waals surface area contributed by atoms with Gasteiger partial charge in [-0.05, 0) is 56.2 Å². The normalized spacial score (nSPS) is 24.8. The third kappa shape index (κ3) is 4.07. The van der Waals surface area contributed by atoms with Gasteiger partial charge in [0.2, 0.25) is 0 Å². The van der Waals surface area contributed by atoms with E-state index < -0.39 is 0 Å². The summed E-state index contributed by atoms with van der Waals surface area (Å²) in [4.78, 5) is 2.33. The van der Waals surface area contributed by atoms with Gasteiger partial charge < -0.3 is 10.0 Å². The smallest absolute Gasteiger partial charge is 0.0695 e. The summed E-state index contributed by atoms with van der Waals surface area (Å²) in [7, 11) is 0. The highest BCUT2D eigenvalue weighted by atomic mass is 16.3. The third-order valence-electron chi connectivity index (χ3n) is 4.93. The van der Waals surface area contributed by atoms with Gasteiger partial charge >= 0.3 is 0 Å². The predicted octanol–water partition coefficient (Wildman–Crippen LogP) is 3.66. The minimum Gasteiger partial charge on any atom is -0.392 e. The number of nitrogens with zero attached hydrogens (tertiary/aromatic N) is 1. The fraction of sp³-hybridized carbons (Fsp3) is 0.667. The molecule has 0 aliphatic heterocycles. The average molecular weight is 275 g/mol. The number of hydrogen-bond acceptors (Lipinski definition) is 2. The molecule has 2 nitrogen and oxygen atoms in total. The lowest BCUT2D eigenvalue weighted by molar-refractivity contribution is 0.0479. The van der Waals surface area contributed by atoms with Crippen LogP contribution in [0.4, 0.5) is 0 Å². The Labute approximate surface area is 123 Å². The van der Waals surface area contributed by atoms with Crippen LogP contribution >= 0.6 is 0 Å². The summed E-state index contributed by atoms with van der Waals surface area (Å²) in [6, 6.07) is 10.9. The fourth-order valence-corrected chi connectivity index (χ4v) is 3.46. The van der Waals surface area contributed by atoms with E-state index in [1.807, 2.05) is 0 Å². The number of likely N-dealkylation sites (N-methyl/N-ethyl adjacent to an activating group) is 1. The van der Waals surface area contributed by atoms with Crippen molar-refractivity contribution < 1.29 is 5.11 Å². The summed E-state index contributed by atoms with van der Waals surface area (Å²) >= 11 is 0. The molecule has 112 valence electrons. The predicted molar refractivity (Wildman–Crippen MR) is 84.9 cm³/mol. The highest BCUT2D eigenvalue weighted by molar-refractivity contribution is 5.19. The van der Waals surface area contributed by atoms with Crippen LogP contribution in [0.3, 0.4) is 0 Å². The van der Waals surface area contributed by atoms with E-state index in [0.717, 1.165) is 19.6 Å². The maximum atomic E-state index is 10.4. The first-order chi connectivity index (χ1) is 9.74. The van der Waals surface area contributed by atoms with Crippen LogP contribution in [0.5, 0.6) is 0 Å². The molecule has 2 heteroatoms. The van der Waals surface area contributed by atoms with Crippen molar-refractivity contribution in [3.8, 4) is 0 Å². The van der Waals surface area contributed by atoms with Crippen molar-refractivity contribution in [1.82, 2.24) is 4.90 Å². The molecule has 1 aliphatic rings. The van der Waals surface area contributed by atoms with Crippen molar-refractivity contribution in [2.75, 3.05) is 19.6 Å². The maximum absolute atomic E-state index is 10.4. The summed E-state index contributed by atoms with van der Waals surface area (Å²) in [6.45, 7) is 7.25. The second kappa shape index (κ2) is 7.80. The van der Waals surface area contributed by atoms with Gasteiger partial charge in [-0.3, -0.25) is 0 Å². The lowest BCUT2D eigenvalue weighted by Gasteiger charge is -2.33. The molecule has 1 aromatic rings. The van der Waals surface area contributed by atoms with Gasteiger partial charge in [0.1, 0.15) is 0 Å². The van der Waals surface area contributed by atoms with E-state index in [0.29, 0.717) is 11.8 Å². The molecule has 1 aliphatic carbocycles. The molecule has 1 N–H and O–H groups in total. The lowest BCUT2D eigenvalue weighted by Crippen LogP contribution is -2.37. The first-order valence-electron chi connectivity index (χ1n) is 8.20. The first kappa shape index (κ1) is 15.5. The van der Waals surface area contributed by atoms with Crippen molar-refractivity contribution >= 4 is 0 Å². The zero-order valence-electron chi connectivity index (χ0n) is 13.0. The monoisotopic (exact) mass is 275 g/mol. The Morgan fingerprint density at radius 2 is 1.65 bits per heavy atom. The van der Waals surface area contributed by atoms with Crippen LogP contribution < -0.4 is 0 Å². The molecule has 1 fully saturated rings. The van der Waals surface area contributed by atoms with Crippen LogP contribution in [-0.2, 0) is 0 Å². The minimum atomic E-state index is -0.147. The van der Waals surface area contributed by atoms with E-state index >= 15 is 0 Å². The molecule has 1 atom stereocenters. The van der Waals surface area contributed by atoms with Gasteiger partial charge in [0.25, 0.3) is 0 Å². The Morgan fingerprint density at radius 3 is 2.20 bits per heavy atom. The minimum absolute atomic E-state index is 0.147. The van der Waals surface area contributed by atoms with Crippen LogP contribution in [0.25, 0.3) is 0 Å². The lowest BCUT2D eigenvalue weighted by atomic mass is 9.76. The van der Waals surface area contributed by atoms with Gasteiger partial charge in [-0.25, -0.2) is 0 Å². The van der Waals surface area contributed by atoms with Crippen LogP contribution in [0.15, 0.2) is 30.3 Å². The van der Waals surface area contributed by atoms with Gasteiger partial charge in [0, 0.05) is 6.54 Å². The zero-order chi connectivity index (χ0) is 14.4. The van der Waals surface area contributed by atoms with E-state index in [-0.39, 0.29) is 6.10 Å². The molecule has 0 saturated heterocycles. The van der Waals surface area contributed by atoms with Gasteiger partial charge in [0.05, 0.1) is 6.10 Å². The van der Waals surface area contributed by atoms with Crippen molar-refractivity contribution in [3.63, 3.8) is 0 Å². The zero-order valence-corrected chi connectivity index (χ0v) is 13.0. The Bertz CT molecular complexity index is 366. The summed E-state index contributed by atoms with van der Waals surface area (Å²) in [5.74, 6) is 1.20. The van der Waals surface area contributed by atoms with Crippen LogP contribution in [0.2, 0.25) is 0 Å². The third-order valence-corrected chi connectivity index (χ3v) is 4.93. The molecule has 2 rings (SSSR count). The highest BCUT2D eigenvalue weighted by Gasteiger charge is 2.27.